The zero-order chi connectivity index (χ0) is 11.5. The number of anilines is 1. The molecule has 1 amide bonds. The van der Waals surface area contributed by atoms with Crippen molar-refractivity contribution in [2.75, 3.05) is 25.5 Å². The Bertz CT molecular complexity index is 404. The third kappa shape index (κ3) is 2.02. The van der Waals surface area contributed by atoms with Crippen LogP contribution in [0.5, 0.6) is 0 Å². The second-order valence-corrected chi connectivity index (χ2v) is 3.84. The van der Waals surface area contributed by atoms with Gasteiger partial charge in [-0.2, -0.15) is 0 Å². The number of hydrogen-bond donors (Lipinski definition) is 1. The molecule has 16 heavy (non-hydrogen) atoms. The smallest absolute Gasteiger partial charge is 0.254 e. The Hall–Kier alpha value is -1.55. The SMILES string of the molecule is CCOCCN1Cc2ccc(N)cc2C1=O. The van der Waals surface area contributed by atoms with Gasteiger partial charge in [0, 0.05) is 30.9 Å². The summed E-state index contributed by atoms with van der Waals surface area (Å²) in [4.78, 5) is 13.7. The lowest BCUT2D eigenvalue weighted by Gasteiger charge is -2.14. The van der Waals surface area contributed by atoms with Crippen LogP contribution >= 0.6 is 0 Å². The minimum absolute atomic E-state index is 0.0574. The highest BCUT2D eigenvalue weighted by Crippen LogP contribution is 2.24. The first-order valence-electron chi connectivity index (χ1n) is 5.47. The van der Waals surface area contributed by atoms with Gasteiger partial charge in [0.1, 0.15) is 0 Å². The quantitative estimate of drug-likeness (QED) is 0.614. The van der Waals surface area contributed by atoms with Crippen LogP contribution in [0.1, 0.15) is 22.8 Å². The lowest BCUT2D eigenvalue weighted by atomic mass is 10.1. The molecule has 1 aromatic rings. The fraction of sp³-hybridized carbons (Fsp3) is 0.417. The highest BCUT2D eigenvalue weighted by molar-refractivity contribution is 5.99. The first kappa shape index (κ1) is 11.0. The summed E-state index contributed by atoms with van der Waals surface area (Å²) in [5, 5.41) is 0. The third-order valence-corrected chi connectivity index (χ3v) is 2.72. The van der Waals surface area contributed by atoms with Crippen molar-refractivity contribution in [3.8, 4) is 0 Å². The first-order chi connectivity index (χ1) is 7.72. The van der Waals surface area contributed by atoms with E-state index < -0.39 is 0 Å². The molecule has 2 rings (SSSR count). The molecule has 0 unspecified atom stereocenters. The minimum Gasteiger partial charge on any atom is -0.399 e. The highest BCUT2D eigenvalue weighted by atomic mass is 16.5. The van der Waals surface area contributed by atoms with Gasteiger partial charge in [-0.1, -0.05) is 6.07 Å². The number of nitrogen functional groups attached to an aromatic ring is 1. The van der Waals surface area contributed by atoms with Crippen molar-refractivity contribution in [1.82, 2.24) is 4.90 Å². The van der Waals surface area contributed by atoms with E-state index in [1.54, 1.807) is 11.0 Å². The van der Waals surface area contributed by atoms with Crippen LogP contribution in [0.4, 0.5) is 5.69 Å². The number of carbonyl (C=O) groups excluding carboxylic acids is 1. The van der Waals surface area contributed by atoms with E-state index >= 15 is 0 Å². The summed E-state index contributed by atoms with van der Waals surface area (Å²) < 4.78 is 5.25. The van der Waals surface area contributed by atoms with E-state index in [9.17, 15) is 4.79 Å². The molecule has 86 valence electrons. The number of carbonyl (C=O) groups is 1. The average molecular weight is 220 g/mol. The Labute approximate surface area is 95.0 Å². The molecule has 1 aliphatic rings. The molecule has 1 aromatic carbocycles. The number of amides is 1. The van der Waals surface area contributed by atoms with E-state index in [-0.39, 0.29) is 5.91 Å². The summed E-state index contributed by atoms with van der Waals surface area (Å²) >= 11 is 0. The van der Waals surface area contributed by atoms with Gasteiger partial charge in [0.25, 0.3) is 5.91 Å². The molecule has 4 nitrogen and oxygen atoms in total. The van der Waals surface area contributed by atoms with Gasteiger partial charge in [-0.15, -0.1) is 0 Å². The van der Waals surface area contributed by atoms with Gasteiger partial charge in [0.15, 0.2) is 0 Å². The average Bonchev–Trinajstić information content (AvgIpc) is 2.57. The van der Waals surface area contributed by atoms with Gasteiger partial charge in [-0.05, 0) is 24.6 Å². The van der Waals surface area contributed by atoms with Crippen LogP contribution in [-0.4, -0.2) is 30.6 Å². The summed E-state index contributed by atoms with van der Waals surface area (Å²) in [5.41, 5.74) is 8.09. The van der Waals surface area contributed by atoms with Gasteiger partial charge in [-0.25, -0.2) is 0 Å². The number of hydrogen-bond acceptors (Lipinski definition) is 3. The largest absolute Gasteiger partial charge is 0.399 e. The van der Waals surface area contributed by atoms with Gasteiger partial charge in [-0.3, -0.25) is 4.79 Å². The molecule has 1 heterocycles. The maximum Gasteiger partial charge on any atom is 0.254 e. The molecule has 0 fully saturated rings. The van der Waals surface area contributed by atoms with E-state index in [1.807, 2.05) is 19.1 Å². The number of ether oxygens (including phenoxy) is 1. The topological polar surface area (TPSA) is 55.6 Å². The second kappa shape index (κ2) is 4.53. The molecule has 0 radical (unpaired) electrons. The van der Waals surface area contributed by atoms with Gasteiger partial charge >= 0.3 is 0 Å². The molecule has 0 spiro atoms. The van der Waals surface area contributed by atoms with Crippen molar-refractivity contribution >= 4 is 11.6 Å². The van der Waals surface area contributed by atoms with Crippen molar-refractivity contribution in [2.45, 2.75) is 13.5 Å². The molecule has 1 aliphatic heterocycles. The summed E-state index contributed by atoms with van der Waals surface area (Å²) in [7, 11) is 0. The highest BCUT2D eigenvalue weighted by Gasteiger charge is 2.26. The monoisotopic (exact) mass is 220 g/mol. The summed E-state index contributed by atoms with van der Waals surface area (Å²) in [6.45, 7) is 4.53. The minimum atomic E-state index is 0.0574. The van der Waals surface area contributed by atoms with Crippen molar-refractivity contribution in [1.29, 1.82) is 0 Å². The third-order valence-electron chi connectivity index (χ3n) is 2.72. The summed E-state index contributed by atoms with van der Waals surface area (Å²) in [6.07, 6.45) is 0. The Morgan fingerprint density at radius 2 is 2.31 bits per heavy atom. The van der Waals surface area contributed by atoms with E-state index in [4.69, 9.17) is 10.5 Å². The lowest BCUT2D eigenvalue weighted by Crippen LogP contribution is -2.27. The molecule has 0 aromatic heterocycles. The number of benzene rings is 1. The molecular formula is C12H16N2O2. The molecule has 0 saturated heterocycles. The molecule has 0 atom stereocenters. The van der Waals surface area contributed by atoms with Crippen LogP contribution in [0, 0.1) is 0 Å². The van der Waals surface area contributed by atoms with Crippen LogP contribution in [0.15, 0.2) is 18.2 Å². The zero-order valence-corrected chi connectivity index (χ0v) is 9.40. The molecular weight excluding hydrogens is 204 g/mol. The van der Waals surface area contributed by atoms with Crippen molar-refractivity contribution < 1.29 is 9.53 Å². The van der Waals surface area contributed by atoms with Crippen LogP contribution in [0.2, 0.25) is 0 Å². The maximum absolute atomic E-state index is 12.0. The predicted octanol–water partition coefficient (Wildman–Crippen LogP) is 1.26. The summed E-state index contributed by atoms with van der Waals surface area (Å²) in [6, 6.07) is 5.50. The van der Waals surface area contributed by atoms with Crippen LogP contribution in [-0.2, 0) is 11.3 Å². The van der Waals surface area contributed by atoms with Crippen molar-refractivity contribution in [2.24, 2.45) is 0 Å². The fourth-order valence-corrected chi connectivity index (χ4v) is 1.88. The molecule has 4 heteroatoms. The van der Waals surface area contributed by atoms with Gasteiger partial charge in [0.2, 0.25) is 0 Å². The Morgan fingerprint density at radius 3 is 3.06 bits per heavy atom. The molecule has 0 bridgehead atoms. The predicted molar refractivity (Wildman–Crippen MR) is 62.1 cm³/mol. The number of rotatable bonds is 4. The fourth-order valence-electron chi connectivity index (χ4n) is 1.88. The standard InChI is InChI=1S/C12H16N2O2/c1-2-16-6-5-14-8-9-3-4-10(13)7-11(9)12(14)15/h3-4,7H,2,5-6,8,13H2,1H3. The van der Waals surface area contributed by atoms with Crippen molar-refractivity contribution in [3.63, 3.8) is 0 Å². The molecule has 2 N–H and O–H groups in total. The molecule has 0 aliphatic carbocycles. The van der Waals surface area contributed by atoms with Crippen LogP contribution in [0.3, 0.4) is 0 Å². The van der Waals surface area contributed by atoms with Gasteiger partial charge in [0.05, 0.1) is 6.61 Å². The normalized spacial score (nSPS) is 14.3. The van der Waals surface area contributed by atoms with Crippen molar-refractivity contribution in [3.05, 3.63) is 29.3 Å². The number of nitrogens with two attached hydrogens (primary N) is 1. The maximum atomic E-state index is 12.0. The van der Waals surface area contributed by atoms with E-state index in [0.717, 1.165) is 11.1 Å². The first-order valence-corrected chi connectivity index (χ1v) is 5.47. The molecule has 0 saturated carbocycles. The summed E-state index contributed by atoms with van der Waals surface area (Å²) in [5.74, 6) is 0.0574. The number of nitrogens with zero attached hydrogens (tertiary/aromatic N) is 1. The van der Waals surface area contributed by atoms with Crippen LogP contribution < -0.4 is 5.73 Å². The lowest BCUT2D eigenvalue weighted by molar-refractivity contribution is 0.0680. The second-order valence-electron chi connectivity index (χ2n) is 3.84. The van der Waals surface area contributed by atoms with E-state index in [1.165, 1.54) is 0 Å². The van der Waals surface area contributed by atoms with E-state index in [0.29, 0.717) is 32.0 Å². The van der Waals surface area contributed by atoms with E-state index in [2.05, 4.69) is 0 Å². The Morgan fingerprint density at radius 1 is 1.50 bits per heavy atom. The Balaban J connectivity index is 2.06. The number of fused-ring (bicyclic) bond motifs is 1. The van der Waals surface area contributed by atoms with Gasteiger partial charge < -0.3 is 15.4 Å². The Kier molecular flexibility index (Phi) is 3.10. The zero-order valence-electron chi connectivity index (χ0n) is 9.40. The van der Waals surface area contributed by atoms with Crippen LogP contribution in [0.25, 0.3) is 0 Å².